The molecular formula is C23H27FN2O4S. The van der Waals surface area contributed by atoms with Gasteiger partial charge in [-0.2, -0.15) is 4.31 Å². The predicted octanol–water partition coefficient (Wildman–Crippen LogP) is 3.43. The second-order valence-electron chi connectivity index (χ2n) is 8.13. The molecule has 1 atom stereocenters. The van der Waals surface area contributed by atoms with Crippen molar-refractivity contribution in [2.45, 2.75) is 43.0 Å². The number of fused-ring (bicyclic) bond motifs is 1. The minimum absolute atomic E-state index is 0.00997. The molecule has 0 aromatic heterocycles. The third kappa shape index (κ3) is 4.45. The summed E-state index contributed by atoms with van der Waals surface area (Å²) in [7, 11) is -2.55. The van der Waals surface area contributed by atoms with E-state index in [0.29, 0.717) is 12.8 Å². The molecule has 0 unspecified atom stereocenters. The smallest absolute Gasteiger partial charge is 0.246 e. The van der Waals surface area contributed by atoms with Gasteiger partial charge in [-0.3, -0.25) is 4.79 Å². The van der Waals surface area contributed by atoms with E-state index in [-0.39, 0.29) is 41.6 Å². The van der Waals surface area contributed by atoms with Gasteiger partial charge >= 0.3 is 0 Å². The van der Waals surface area contributed by atoms with Crippen molar-refractivity contribution < 1.29 is 22.3 Å². The number of amides is 1. The average Bonchev–Trinajstić information content (AvgIpc) is 2.79. The maximum Gasteiger partial charge on any atom is 0.246 e. The van der Waals surface area contributed by atoms with Crippen molar-refractivity contribution in [3.8, 4) is 5.75 Å². The van der Waals surface area contributed by atoms with Crippen LogP contribution in [0.4, 0.5) is 4.39 Å². The van der Waals surface area contributed by atoms with Crippen molar-refractivity contribution in [2.75, 3.05) is 20.2 Å². The van der Waals surface area contributed by atoms with Crippen molar-refractivity contribution in [2.24, 2.45) is 5.92 Å². The summed E-state index contributed by atoms with van der Waals surface area (Å²) in [5.41, 5.74) is 2.46. The summed E-state index contributed by atoms with van der Waals surface area (Å²) in [4.78, 5) is 12.7. The molecule has 1 aliphatic heterocycles. The number of nitrogens with zero attached hydrogens (tertiary/aromatic N) is 1. The van der Waals surface area contributed by atoms with Gasteiger partial charge in [0.05, 0.1) is 13.2 Å². The molecule has 1 saturated heterocycles. The van der Waals surface area contributed by atoms with E-state index in [4.69, 9.17) is 4.74 Å². The molecule has 2 aromatic rings. The average molecular weight is 447 g/mol. The molecule has 1 aliphatic carbocycles. The molecule has 1 fully saturated rings. The summed E-state index contributed by atoms with van der Waals surface area (Å²) in [6.45, 7) is 0.419. The van der Waals surface area contributed by atoms with Gasteiger partial charge in [-0.25, -0.2) is 12.8 Å². The standard InChI is InChI=1S/C23H27FN2O4S/c1-30-21-10-9-18(24)15-22(21)31(28,29)26-13-11-17(12-14-26)23(27)25-20-8-4-6-16-5-2-3-7-19(16)20/h2-3,5,7,9-10,15,17,20H,4,6,8,11-14H2,1H3,(H,25,27)/t20-/m1/s1. The van der Waals surface area contributed by atoms with Crippen LogP contribution in [0.5, 0.6) is 5.75 Å². The Morgan fingerprint density at radius 2 is 1.87 bits per heavy atom. The van der Waals surface area contributed by atoms with Crippen molar-refractivity contribution in [3.63, 3.8) is 0 Å². The molecule has 0 bridgehead atoms. The van der Waals surface area contributed by atoms with Crippen LogP contribution in [0, 0.1) is 11.7 Å². The highest BCUT2D eigenvalue weighted by atomic mass is 32.2. The molecule has 0 radical (unpaired) electrons. The zero-order chi connectivity index (χ0) is 22.0. The minimum Gasteiger partial charge on any atom is -0.495 e. The SMILES string of the molecule is COc1ccc(F)cc1S(=O)(=O)N1CCC(C(=O)N[C@@H]2CCCc3ccccc32)CC1. The van der Waals surface area contributed by atoms with Crippen LogP contribution in [0.2, 0.25) is 0 Å². The van der Waals surface area contributed by atoms with Crippen molar-refractivity contribution in [1.29, 1.82) is 0 Å². The Labute approximate surface area is 182 Å². The van der Waals surface area contributed by atoms with E-state index in [1.54, 1.807) is 0 Å². The summed E-state index contributed by atoms with van der Waals surface area (Å²) in [5, 5.41) is 3.18. The van der Waals surface area contributed by atoms with Crippen LogP contribution >= 0.6 is 0 Å². The lowest BCUT2D eigenvalue weighted by atomic mass is 9.87. The van der Waals surface area contributed by atoms with Crippen LogP contribution in [0.1, 0.15) is 42.9 Å². The molecule has 0 saturated carbocycles. The van der Waals surface area contributed by atoms with Crippen LogP contribution < -0.4 is 10.1 Å². The molecule has 8 heteroatoms. The van der Waals surface area contributed by atoms with Crippen LogP contribution in [0.3, 0.4) is 0 Å². The summed E-state index contributed by atoms with van der Waals surface area (Å²) < 4.78 is 46.2. The normalized spacial score (nSPS) is 20.1. The molecule has 1 amide bonds. The van der Waals surface area contributed by atoms with E-state index in [0.717, 1.165) is 31.4 Å². The Morgan fingerprint density at radius 3 is 2.61 bits per heavy atom. The Hall–Kier alpha value is -2.45. The number of ether oxygens (including phenoxy) is 1. The van der Waals surface area contributed by atoms with E-state index in [9.17, 15) is 17.6 Å². The van der Waals surface area contributed by atoms with E-state index < -0.39 is 15.8 Å². The fourth-order valence-electron chi connectivity index (χ4n) is 4.54. The number of sulfonamides is 1. The number of aryl methyl sites for hydroxylation is 1. The molecule has 1 heterocycles. The second kappa shape index (κ2) is 8.96. The fourth-order valence-corrected chi connectivity index (χ4v) is 6.18. The summed E-state index contributed by atoms with van der Waals surface area (Å²) >= 11 is 0. The lowest BCUT2D eigenvalue weighted by molar-refractivity contribution is -0.127. The summed E-state index contributed by atoms with van der Waals surface area (Å²) in [6, 6.07) is 11.7. The Kier molecular flexibility index (Phi) is 6.29. The number of hydrogen-bond donors (Lipinski definition) is 1. The maximum absolute atomic E-state index is 13.7. The first-order chi connectivity index (χ1) is 14.9. The number of carbonyl (C=O) groups excluding carboxylic acids is 1. The highest BCUT2D eigenvalue weighted by Gasteiger charge is 2.35. The summed E-state index contributed by atoms with van der Waals surface area (Å²) in [6.07, 6.45) is 3.83. The molecule has 0 spiro atoms. The number of carbonyl (C=O) groups is 1. The van der Waals surface area contributed by atoms with Gasteiger partial charge in [-0.1, -0.05) is 24.3 Å². The van der Waals surface area contributed by atoms with Crippen LogP contribution in [0.25, 0.3) is 0 Å². The van der Waals surface area contributed by atoms with Crippen LogP contribution in [0.15, 0.2) is 47.4 Å². The van der Waals surface area contributed by atoms with Crippen LogP contribution in [-0.4, -0.2) is 38.8 Å². The highest BCUT2D eigenvalue weighted by molar-refractivity contribution is 7.89. The number of rotatable bonds is 5. The largest absolute Gasteiger partial charge is 0.495 e. The summed E-state index contributed by atoms with van der Waals surface area (Å²) in [5.74, 6) is -0.796. The van der Waals surface area contributed by atoms with Gasteiger partial charge in [0.2, 0.25) is 15.9 Å². The van der Waals surface area contributed by atoms with E-state index in [2.05, 4.69) is 17.4 Å². The Bertz CT molecular complexity index is 1060. The van der Waals surface area contributed by atoms with Gasteiger partial charge in [0.15, 0.2) is 0 Å². The molecule has 31 heavy (non-hydrogen) atoms. The first-order valence-corrected chi connectivity index (χ1v) is 12.1. The van der Waals surface area contributed by atoms with Gasteiger partial charge in [-0.15, -0.1) is 0 Å². The van der Waals surface area contributed by atoms with Gasteiger partial charge in [0.25, 0.3) is 0 Å². The highest BCUT2D eigenvalue weighted by Crippen LogP contribution is 2.32. The third-order valence-corrected chi connectivity index (χ3v) is 8.17. The van der Waals surface area contributed by atoms with Gasteiger partial charge in [-0.05, 0) is 61.4 Å². The zero-order valence-electron chi connectivity index (χ0n) is 17.5. The van der Waals surface area contributed by atoms with Gasteiger partial charge in [0.1, 0.15) is 16.5 Å². The molecule has 1 N–H and O–H groups in total. The first-order valence-electron chi connectivity index (χ1n) is 10.6. The number of methoxy groups -OCH3 is 1. The zero-order valence-corrected chi connectivity index (χ0v) is 18.3. The fraction of sp³-hybridized carbons (Fsp3) is 0.435. The molecule has 4 rings (SSSR count). The quantitative estimate of drug-likeness (QED) is 0.764. The van der Waals surface area contributed by atoms with E-state index >= 15 is 0 Å². The number of halogens is 1. The molecule has 2 aliphatic rings. The molecule has 166 valence electrons. The van der Waals surface area contributed by atoms with E-state index in [1.165, 1.54) is 28.6 Å². The van der Waals surface area contributed by atoms with Crippen molar-refractivity contribution >= 4 is 15.9 Å². The van der Waals surface area contributed by atoms with Gasteiger partial charge < -0.3 is 10.1 Å². The van der Waals surface area contributed by atoms with Crippen molar-refractivity contribution in [1.82, 2.24) is 9.62 Å². The Morgan fingerprint density at radius 1 is 1.13 bits per heavy atom. The molecule has 2 aromatic carbocycles. The third-order valence-electron chi connectivity index (χ3n) is 6.25. The van der Waals surface area contributed by atoms with E-state index in [1.807, 2.05) is 12.1 Å². The number of nitrogens with one attached hydrogen (secondary N) is 1. The first kappa shape index (κ1) is 21.8. The monoisotopic (exact) mass is 446 g/mol. The lowest BCUT2D eigenvalue weighted by Crippen LogP contribution is -2.44. The van der Waals surface area contributed by atoms with Crippen LogP contribution in [-0.2, 0) is 21.2 Å². The lowest BCUT2D eigenvalue weighted by Gasteiger charge is -2.33. The predicted molar refractivity (Wildman–Crippen MR) is 115 cm³/mol. The number of hydrogen-bond acceptors (Lipinski definition) is 4. The molecular weight excluding hydrogens is 419 g/mol. The second-order valence-corrected chi connectivity index (χ2v) is 10.0. The number of benzene rings is 2. The van der Waals surface area contributed by atoms with Gasteiger partial charge in [0, 0.05) is 19.0 Å². The maximum atomic E-state index is 13.7. The molecule has 6 nitrogen and oxygen atoms in total. The van der Waals surface area contributed by atoms with Crippen molar-refractivity contribution in [3.05, 3.63) is 59.4 Å². The number of piperidine rings is 1. The Balaban J connectivity index is 1.41. The topological polar surface area (TPSA) is 75.7 Å². The minimum atomic E-state index is -3.91.